The summed E-state index contributed by atoms with van der Waals surface area (Å²) in [5.41, 5.74) is 0.122. The molecule has 0 aliphatic carbocycles. The van der Waals surface area contributed by atoms with Crippen molar-refractivity contribution in [3.05, 3.63) is 27.1 Å². The molecule has 5 nitrogen and oxygen atoms in total. The Labute approximate surface area is 99.7 Å². The molecule has 2 heterocycles. The standard InChI is InChI=1S/C8H7ClN2O3S2/c1-4-3-15-8-10-5(2)6(16(9,13)14)7(12)11(4)8/h3H,1-2H3. The normalized spacial score (nSPS) is 12.2. The number of thiazole rings is 1. The van der Waals surface area contributed by atoms with Gasteiger partial charge in [0.1, 0.15) is 0 Å². The summed E-state index contributed by atoms with van der Waals surface area (Å²) in [7, 11) is 1.14. The molecule has 2 aromatic rings. The second-order valence-electron chi connectivity index (χ2n) is 3.26. The highest BCUT2D eigenvalue weighted by Crippen LogP contribution is 2.18. The summed E-state index contributed by atoms with van der Waals surface area (Å²) in [6, 6.07) is 0. The Morgan fingerprint density at radius 2 is 2.06 bits per heavy atom. The van der Waals surface area contributed by atoms with Crippen LogP contribution in [0.1, 0.15) is 11.4 Å². The van der Waals surface area contributed by atoms with Crippen LogP contribution in [0.4, 0.5) is 0 Å². The Morgan fingerprint density at radius 3 is 2.62 bits per heavy atom. The van der Waals surface area contributed by atoms with Gasteiger partial charge in [-0.2, -0.15) is 0 Å². The number of aromatic nitrogens is 2. The third kappa shape index (κ3) is 1.64. The molecule has 0 unspecified atom stereocenters. The molecule has 0 bridgehead atoms. The van der Waals surface area contributed by atoms with Crippen LogP contribution in [0.3, 0.4) is 0 Å². The van der Waals surface area contributed by atoms with Gasteiger partial charge in [-0.15, -0.1) is 11.3 Å². The van der Waals surface area contributed by atoms with Crippen LogP contribution < -0.4 is 5.56 Å². The highest BCUT2D eigenvalue weighted by molar-refractivity contribution is 8.13. The van der Waals surface area contributed by atoms with Crippen LogP contribution in [0.2, 0.25) is 0 Å². The first-order valence-electron chi connectivity index (χ1n) is 4.24. The van der Waals surface area contributed by atoms with Crippen LogP contribution >= 0.6 is 22.0 Å². The molecule has 0 aliphatic rings. The zero-order valence-corrected chi connectivity index (χ0v) is 10.8. The Balaban J connectivity index is 3.08. The van der Waals surface area contributed by atoms with Gasteiger partial charge in [-0.3, -0.25) is 9.20 Å². The van der Waals surface area contributed by atoms with E-state index in [0.717, 1.165) is 0 Å². The number of nitrogens with zero attached hydrogens (tertiary/aromatic N) is 2. The molecule has 8 heteroatoms. The molecule has 0 atom stereocenters. The second-order valence-corrected chi connectivity index (χ2v) is 6.60. The van der Waals surface area contributed by atoms with Gasteiger partial charge in [0, 0.05) is 21.8 Å². The van der Waals surface area contributed by atoms with Gasteiger partial charge >= 0.3 is 0 Å². The fourth-order valence-corrected chi connectivity index (χ4v) is 3.58. The summed E-state index contributed by atoms with van der Waals surface area (Å²) in [5.74, 6) is 0. The Hall–Kier alpha value is -0.920. The smallest absolute Gasteiger partial charge is 0.267 e. The third-order valence-electron chi connectivity index (χ3n) is 2.11. The van der Waals surface area contributed by atoms with Crippen molar-refractivity contribution in [2.45, 2.75) is 18.7 Å². The summed E-state index contributed by atoms with van der Waals surface area (Å²) < 4.78 is 23.8. The quantitative estimate of drug-likeness (QED) is 0.738. The molecule has 0 saturated heterocycles. The van der Waals surface area contributed by atoms with Crippen LogP contribution in [-0.2, 0) is 9.05 Å². The fourth-order valence-electron chi connectivity index (χ4n) is 1.45. The van der Waals surface area contributed by atoms with E-state index in [4.69, 9.17) is 10.7 Å². The predicted octanol–water partition coefficient (Wildman–Crippen LogP) is 1.30. The van der Waals surface area contributed by atoms with Gasteiger partial charge in [0.2, 0.25) is 0 Å². The lowest BCUT2D eigenvalue weighted by Gasteiger charge is -2.02. The minimum absolute atomic E-state index is 0.127. The molecule has 0 radical (unpaired) electrons. The molecule has 86 valence electrons. The van der Waals surface area contributed by atoms with Gasteiger partial charge in [0.25, 0.3) is 14.6 Å². The van der Waals surface area contributed by atoms with Crippen molar-refractivity contribution in [2.75, 3.05) is 0 Å². The molecule has 0 fully saturated rings. The molecular weight excluding hydrogens is 272 g/mol. The van der Waals surface area contributed by atoms with Crippen LogP contribution in [0.5, 0.6) is 0 Å². The van der Waals surface area contributed by atoms with Gasteiger partial charge in [0.15, 0.2) is 9.86 Å². The number of fused-ring (bicyclic) bond motifs is 1. The minimum atomic E-state index is -4.07. The van der Waals surface area contributed by atoms with Crippen molar-refractivity contribution in [1.82, 2.24) is 9.38 Å². The number of hydrogen-bond acceptors (Lipinski definition) is 5. The van der Waals surface area contributed by atoms with Crippen molar-refractivity contribution in [2.24, 2.45) is 0 Å². The lowest BCUT2D eigenvalue weighted by molar-refractivity contribution is 0.606. The second kappa shape index (κ2) is 3.54. The Bertz CT molecular complexity index is 730. The molecule has 2 rings (SSSR count). The summed E-state index contributed by atoms with van der Waals surface area (Å²) in [5, 5.41) is 1.73. The number of halogens is 1. The maximum absolute atomic E-state index is 11.9. The van der Waals surface area contributed by atoms with Gasteiger partial charge < -0.3 is 0 Å². The largest absolute Gasteiger partial charge is 0.279 e. The lowest BCUT2D eigenvalue weighted by atomic mass is 10.4. The van der Waals surface area contributed by atoms with Crippen LogP contribution in [0.25, 0.3) is 4.96 Å². The van der Waals surface area contributed by atoms with E-state index in [9.17, 15) is 13.2 Å². The topological polar surface area (TPSA) is 68.5 Å². The van der Waals surface area contributed by atoms with E-state index in [1.54, 1.807) is 12.3 Å². The number of aryl methyl sites for hydroxylation is 2. The first-order chi connectivity index (χ1) is 7.32. The van der Waals surface area contributed by atoms with Crippen LogP contribution in [0, 0.1) is 13.8 Å². The SMILES string of the molecule is Cc1nc2scc(C)n2c(=O)c1S(=O)(=O)Cl. The molecule has 0 saturated carbocycles. The van der Waals surface area contributed by atoms with Crippen molar-refractivity contribution in [1.29, 1.82) is 0 Å². The molecule has 0 spiro atoms. The third-order valence-corrected chi connectivity index (χ3v) is 4.48. The highest BCUT2D eigenvalue weighted by Gasteiger charge is 2.22. The van der Waals surface area contributed by atoms with Crippen molar-refractivity contribution >= 4 is 36.0 Å². The first-order valence-corrected chi connectivity index (χ1v) is 7.43. The van der Waals surface area contributed by atoms with E-state index >= 15 is 0 Å². The van der Waals surface area contributed by atoms with Crippen molar-refractivity contribution < 1.29 is 8.42 Å². The molecule has 0 amide bonds. The molecular formula is C8H7ClN2O3S2. The Kier molecular flexibility index (Phi) is 2.56. The van der Waals surface area contributed by atoms with E-state index in [1.165, 1.54) is 22.7 Å². The zero-order valence-electron chi connectivity index (χ0n) is 8.39. The monoisotopic (exact) mass is 278 g/mol. The van der Waals surface area contributed by atoms with E-state index in [0.29, 0.717) is 10.7 Å². The van der Waals surface area contributed by atoms with E-state index in [2.05, 4.69) is 4.98 Å². The minimum Gasteiger partial charge on any atom is -0.267 e. The molecule has 2 aromatic heterocycles. The van der Waals surface area contributed by atoms with Crippen LogP contribution in [-0.4, -0.2) is 17.8 Å². The highest BCUT2D eigenvalue weighted by atomic mass is 35.7. The van der Waals surface area contributed by atoms with E-state index in [1.807, 2.05) is 0 Å². The first kappa shape index (κ1) is 11.6. The van der Waals surface area contributed by atoms with Gasteiger partial charge in [-0.05, 0) is 13.8 Å². The maximum atomic E-state index is 11.9. The maximum Gasteiger partial charge on any atom is 0.279 e. The molecule has 0 aliphatic heterocycles. The van der Waals surface area contributed by atoms with Crippen molar-refractivity contribution in [3.8, 4) is 0 Å². The summed E-state index contributed by atoms with van der Waals surface area (Å²) in [4.78, 5) is 16.0. The fraction of sp³-hybridized carbons (Fsp3) is 0.250. The predicted molar refractivity (Wildman–Crippen MR) is 61.9 cm³/mol. The molecule has 16 heavy (non-hydrogen) atoms. The average Bonchev–Trinajstić information content (AvgIpc) is 2.44. The van der Waals surface area contributed by atoms with Crippen LogP contribution in [0.15, 0.2) is 15.1 Å². The van der Waals surface area contributed by atoms with Gasteiger partial charge in [0.05, 0.1) is 5.69 Å². The summed E-state index contributed by atoms with van der Waals surface area (Å²) in [6.45, 7) is 3.15. The lowest BCUT2D eigenvalue weighted by Crippen LogP contribution is -2.22. The molecule has 0 aromatic carbocycles. The number of rotatable bonds is 1. The Morgan fingerprint density at radius 1 is 1.44 bits per heavy atom. The van der Waals surface area contributed by atoms with Crippen molar-refractivity contribution in [3.63, 3.8) is 0 Å². The number of hydrogen-bond donors (Lipinski definition) is 0. The molecule has 0 N–H and O–H groups in total. The summed E-state index contributed by atoms with van der Waals surface area (Å²) in [6.07, 6.45) is 0. The summed E-state index contributed by atoms with van der Waals surface area (Å²) >= 11 is 1.28. The van der Waals surface area contributed by atoms with E-state index < -0.39 is 19.5 Å². The zero-order chi connectivity index (χ0) is 12.1. The van der Waals surface area contributed by atoms with Gasteiger partial charge in [-0.1, -0.05) is 0 Å². The van der Waals surface area contributed by atoms with E-state index in [-0.39, 0.29) is 5.69 Å². The van der Waals surface area contributed by atoms with Gasteiger partial charge in [-0.25, -0.2) is 13.4 Å². The average molecular weight is 279 g/mol.